The summed E-state index contributed by atoms with van der Waals surface area (Å²) in [6.45, 7) is 14.5. The molecule has 1 saturated heterocycles. The number of piperazine rings is 1. The largest absolute Gasteiger partial charge is 0.311 e. The van der Waals surface area contributed by atoms with Gasteiger partial charge in [-0.3, -0.25) is 4.90 Å². The average molecular weight is 280 g/mol. The van der Waals surface area contributed by atoms with Gasteiger partial charge in [-0.1, -0.05) is 41.0 Å². The zero-order valence-electron chi connectivity index (χ0n) is 14.4. The lowest BCUT2D eigenvalue weighted by Gasteiger charge is -2.50. The number of rotatable bonds is 4. The second kappa shape index (κ2) is 7.26. The summed E-state index contributed by atoms with van der Waals surface area (Å²) in [5.41, 5.74) is 0. The molecular formula is C18H36N2. The first-order chi connectivity index (χ1) is 9.56. The second-order valence-electron chi connectivity index (χ2n) is 7.67. The van der Waals surface area contributed by atoms with Crippen molar-refractivity contribution in [2.24, 2.45) is 17.8 Å². The number of hydrogen-bond acceptors (Lipinski definition) is 2. The minimum absolute atomic E-state index is 0.711. The fourth-order valence-electron chi connectivity index (χ4n) is 4.48. The summed E-state index contributed by atoms with van der Waals surface area (Å²) in [7, 11) is 0. The minimum Gasteiger partial charge on any atom is -0.311 e. The van der Waals surface area contributed by atoms with Crippen LogP contribution in [0.4, 0.5) is 0 Å². The van der Waals surface area contributed by atoms with Gasteiger partial charge in [-0.2, -0.15) is 0 Å². The first-order valence-corrected chi connectivity index (χ1v) is 9.05. The highest BCUT2D eigenvalue weighted by Gasteiger charge is 2.39. The molecule has 0 radical (unpaired) electrons. The fraction of sp³-hybridized carbons (Fsp3) is 1.00. The van der Waals surface area contributed by atoms with E-state index in [9.17, 15) is 0 Å². The summed E-state index contributed by atoms with van der Waals surface area (Å²) >= 11 is 0. The van der Waals surface area contributed by atoms with E-state index in [1.807, 2.05) is 0 Å². The van der Waals surface area contributed by atoms with E-state index in [0.717, 1.165) is 29.8 Å². The van der Waals surface area contributed by atoms with Crippen LogP contribution in [-0.2, 0) is 0 Å². The van der Waals surface area contributed by atoms with Gasteiger partial charge in [-0.05, 0) is 43.4 Å². The van der Waals surface area contributed by atoms with Gasteiger partial charge in [0.15, 0.2) is 0 Å². The molecule has 0 aromatic carbocycles. The normalized spacial score (nSPS) is 40.2. The third-order valence-corrected chi connectivity index (χ3v) is 5.92. The highest BCUT2D eigenvalue weighted by molar-refractivity contribution is 4.94. The van der Waals surface area contributed by atoms with E-state index in [1.165, 1.54) is 45.2 Å². The van der Waals surface area contributed by atoms with Gasteiger partial charge in [0.05, 0.1) is 0 Å². The summed E-state index contributed by atoms with van der Waals surface area (Å²) < 4.78 is 0. The van der Waals surface area contributed by atoms with Crippen molar-refractivity contribution in [3.63, 3.8) is 0 Å². The van der Waals surface area contributed by atoms with Crippen LogP contribution in [0.15, 0.2) is 0 Å². The van der Waals surface area contributed by atoms with Crippen LogP contribution in [0.25, 0.3) is 0 Å². The van der Waals surface area contributed by atoms with Crippen LogP contribution >= 0.6 is 0 Å². The highest BCUT2D eigenvalue weighted by Crippen LogP contribution is 2.38. The molecule has 2 fully saturated rings. The van der Waals surface area contributed by atoms with E-state index < -0.39 is 0 Å². The molecule has 1 aliphatic heterocycles. The standard InChI is InChI=1S/C18H36N2/c1-6-15-12-20(16(7-2)11-19-15)18-10-14(5)8-9-17(18)13(3)4/h13-19H,6-12H2,1-5H3. The van der Waals surface area contributed by atoms with Crippen LogP contribution in [0.1, 0.15) is 66.7 Å². The Morgan fingerprint density at radius 2 is 1.90 bits per heavy atom. The predicted octanol–water partition coefficient (Wildman–Crippen LogP) is 3.91. The van der Waals surface area contributed by atoms with Crippen molar-refractivity contribution in [1.29, 1.82) is 0 Å². The Kier molecular flexibility index (Phi) is 5.92. The Bertz CT molecular complexity index is 289. The summed E-state index contributed by atoms with van der Waals surface area (Å²) in [6, 6.07) is 2.30. The maximum Gasteiger partial charge on any atom is 0.0221 e. The molecule has 1 saturated carbocycles. The molecule has 2 nitrogen and oxygen atoms in total. The Labute approximate surface area is 126 Å². The lowest BCUT2D eigenvalue weighted by atomic mass is 9.72. The van der Waals surface area contributed by atoms with E-state index in [2.05, 4.69) is 44.8 Å². The molecule has 0 spiro atoms. The molecule has 20 heavy (non-hydrogen) atoms. The van der Waals surface area contributed by atoms with Crippen LogP contribution in [0.5, 0.6) is 0 Å². The van der Waals surface area contributed by atoms with Gasteiger partial charge in [0, 0.05) is 31.2 Å². The van der Waals surface area contributed by atoms with Crippen molar-refractivity contribution < 1.29 is 0 Å². The van der Waals surface area contributed by atoms with E-state index in [1.54, 1.807) is 0 Å². The lowest BCUT2D eigenvalue weighted by Crippen LogP contribution is -2.61. The van der Waals surface area contributed by atoms with Gasteiger partial charge in [-0.25, -0.2) is 0 Å². The molecule has 1 heterocycles. The molecule has 2 heteroatoms. The van der Waals surface area contributed by atoms with Crippen molar-refractivity contribution in [2.75, 3.05) is 13.1 Å². The molecule has 1 N–H and O–H groups in total. The molecule has 0 aromatic rings. The van der Waals surface area contributed by atoms with Crippen molar-refractivity contribution in [2.45, 2.75) is 84.8 Å². The Morgan fingerprint density at radius 3 is 2.50 bits per heavy atom. The maximum atomic E-state index is 3.75. The van der Waals surface area contributed by atoms with Crippen molar-refractivity contribution in [3.8, 4) is 0 Å². The second-order valence-corrected chi connectivity index (χ2v) is 7.67. The van der Waals surface area contributed by atoms with E-state index >= 15 is 0 Å². The molecule has 0 aromatic heterocycles. The fourth-order valence-corrected chi connectivity index (χ4v) is 4.48. The highest BCUT2D eigenvalue weighted by atomic mass is 15.3. The van der Waals surface area contributed by atoms with Crippen LogP contribution < -0.4 is 5.32 Å². The van der Waals surface area contributed by atoms with Gasteiger partial charge >= 0.3 is 0 Å². The third kappa shape index (κ3) is 3.57. The van der Waals surface area contributed by atoms with Gasteiger partial charge in [0.1, 0.15) is 0 Å². The molecular weight excluding hydrogens is 244 g/mol. The van der Waals surface area contributed by atoms with E-state index in [0.29, 0.717) is 6.04 Å². The van der Waals surface area contributed by atoms with Crippen molar-refractivity contribution in [1.82, 2.24) is 10.2 Å². The quantitative estimate of drug-likeness (QED) is 0.840. The zero-order valence-corrected chi connectivity index (χ0v) is 14.4. The molecule has 0 amide bonds. The minimum atomic E-state index is 0.711. The summed E-state index contributed by atoms with van der Waals surface area (Å²) in [6.07, 6.45) is 6.87. The molecule has 2 rings (SSSR count). The average Bonchev–Trinajstić information content (AvgIpc) is 2.46. The van der Waals surface area contributed by atoms with Crippen LogP contribution in [0.2, 0.25) is 0 Å². The van der Waals surface area contributed by atoms with Crippen LogP contribution in [0, 0.1) is 17.8 Å². The molecule has 2 aliphatic rings. The van der Waals surface area contributed by atoms with Gasteiger partial charge < -0.3 is 5.32 Å². The van der Waals surface area contributed by atoms with E-state index in [4.69, 9.17) is 0 Å². The van der Waals surface area contributed by atoms with Gasteiger partial charge in [0.2, 0.25) is 0 Å². The monoisotopic (exact) mass is 280 g/mol. The molecule has 5 unspecified atom stereocenters. The Morgan fingerprint density at radius 1 is 1.15 bits per heavy atom. The molecule has 1 aliphatic carbocycles. The third-order valence-electron chi connectivity index (χ3n) is 5.92. The van der Waals surface area contributed by atoms with E-state index in [-0.39, 0.29) is 0 Å². The summed E-state index contributed by atoms with van der Waals surface area (Å²) in [5, 5.41) is 3.75. The lowest BCUT2D eigenvalue weighted by molar-refractivity contribution is 0.00250. The first kappa shape index (κ1) is 16.3. The first-order valence-electron chi connectivity index (χ1n) is 9.05. The van der Waals surface area contributed by atoms with Gasteiger partial charge in [0.25, 0.3) is 0 Å². The number of nitrogens with zero attached hydrogens (tertiary/aromatic N) is 1. The van der Waals surface area contributed by atoms with Gasteiger partial charge in [-0.15, -0.1) is 0 Å². The molecule has 5 atom stereocenters. The van der Waals surface area contributed by atoms with Crippen molar-refractivity contribution >= 4 is 0 Å². The zero-order chi connectivity index (χ0) is 14.7. The predicted molar refractivity (Wildman–Crippen MR) is 88.0 cm³/mol. The van der Waals surface area contributed by atoms with Crippen molar-refractivity contribution in [3.05, 3.63) is 0 Å². The number of hydrogen-bond donors (Lipinski definition) is 1. The number of nitrogens with one attached hydrogen (secondary N) is 1. The SMILES string of the molecule is CCC1CN(C2CC(C)CCC2C(C)C)C(CC)CN1. The van der Waals surface area contributed by atoms with Crippen LogP contribution in [-0.4, -0.2) is 36.1 Å². The summed E-state index contributed by atoms with van der Waals surface area (Å²) in [5.74, 6) is 2.67. The maximum absolute atomic E-state index is 3.75. The Balaban J connectivity index is 2.14. The summed E-state index contributed by atoms with van der Waals surface area (Å²) in [4.78, 5) is 2.91. The molecule has 118 valence electrons. The smallest absolute Gasteiger partial charge is 0.0221 e. The Hall–Kier alpha value is -0.0800. The molecule has 0 bridgehead atoms. The topological polar surface area (TPSA) is 15.3 Å². The van der Waals surface area contributed by atoms with Crippen LogP contribution in [0.3, 0.4) is 0 Å².